The van der Waals surface area contributed by atoms with E-state index >= 15 is 0 Å². The van der Waals surface area contributed by atoms with E-state index < -0.39 is 0 Å². The summed E-state index contributed by atoms with van der Waals surface area (Å²) < 4.78 is 18.9. The van der Waals surface area contributed by atoms with Crippen LogP contribution in [0.5, 0.6) is 5.88 Å². The van der Waals surface area contributed by atoms with E-state index in [9.17, 15) is 4.39 Å². The van der Waals surface area contributed by atoms with Crippen molar-refractivity contribution in [3.05, 3.63) is 47.9 Å². The van der Waals surface area contributed by atoms with Gasteiger partial charge in [-0.05, 0) is 38.1 Å². The summed E-state index contributed by atoms with van der Waals surface area (Å²) >= 11 is 0. The fraction of sp³-hybridized carbons (Fsp3) is 0.267. The number of nitrogens with one attached hydrogen (secondary N) is 1. The van der Waals surface area contributed by atoms with Crippen LogP contribution in [0.25, 0.3) is 0 Å². The Labute approximate surface area is 117 Å². The molecule has 2 rings (SSSR count). The van der Waals surface area contributed by atoms with Crippen molar-refractivity contribution in [2.24, 2.45) is 0 Å². The Morgan fingerprint density at radius 2 is 2.15 bits per heavy atom. The molecule has 0 saturated carbocycles. The summed E-state index contributed by atoms with van der Waals surface area (Å²) in [5.74, 6) is 0.219. The normalized spacial score (nSPS) is 10.6. The van der Waals surface area contributed by atoms with Crippen LogP contribution in [0, 0.1) is 5.82 Å². The van der Waals surface area contributed by atoms with E-state index in [4.69, 9.17) is 10.5 Å². The smallest absolute Gasteiger partial charge is 0.218 e. The number of pyridine rings is 1. The molecule has 0 aliphatic heterocycles. The second kappa shape index (κ2) is 6.23. The lowest BCUT2D eigenvalue weighted by atomic mass is 10.2. The van der Waals surface area contributed by atoms with E-state index in [0.29, 0.717) is 23.8 Å². The molecule has 0 fully saturated rings. The Hall–Kier alpha value is -2.30. The average molecular weight is 275 g/mol. The molecule has 0 saturated heterocycles. The number of rotatable bonds is 5. The Morgan fingerprint density at radius 3 is 2.85 bits per heavy atom. The average Bonchev–Trinajstić information content (AvgIpc) is 2.36. The third kappa shape index (κ3) is 3.85. The van der Waals surface area contributed by atoms with Gasteiger partial charge in [0, 0.05) is 29.7 Å². The monoisotopic (exact) mass is 275 g/mol. The number of anilines is 2. The van der Waals surface area contributed by atoms with Crippen LogP contribution in [-0.4, -0.2) is 11.1 Å². The third-order valence-electron chi connectivity index (χ3n) is 2.60. The molecule has 0 spiro atoms. The van der Waals surface area contributed by atoms with Crippen LogP contribution in [0.2, 0.25) is 0 Å². The van der Waals surface area contributed by atoms with Gasteiger partial charge in [-0.3, -0.25) is 0 Å². The number of ether oxygens (including phenoxy) is 1. The van der Waals surface area contributed by atoms with Crippen LogP contribution in [0.1, 0.15) is 19.4 Å². The lowest BCUT2D eigenvalue weighted by Gasteiger charge is -2.14. The van der Waals surface area contributed by atoms with Crippen molar-refractivity contribution in [2.45, 2.75) is 26.5 Å². The van der Waals surface area contributed by atoms with Crippen LogP contribution in [0.3, 0.4) is 0 Å². The first-order chi connectivity index (χ1) is 9.54. The molecule has 0 amide bonds. The quantitative estimate of drug-likeness (QED) is 0.823. The van der Waals surface area contributed by atoms with E-state index in [1.54, 1.807) is 12.3 Å². The summed E-state index contributed by atoms with van der Waals surface area (Å²) in [6.45, 7) is 4.37. The molecular weight excluding hydrogens is 257 g/mol. The summed E-state index contributed by atoms with van der Waals surface area (Å²) in [6.07, 6.45) is 1.73. The summed E-state index contributed by atoms with van der Waals surface area (Å²) in [7, 11) is 0. The minimum Gasteiger partial charge on any atom is -0.475 e. The molecule has 1 heterocycles. The molecule has 5 heteroatoms. The molecule has 3 N–H and O–H groups in total. The summed E-state index contributed by atoms with van der Waals surface area (Å²) in [4.78, 5) is 4.21. The van der Waals surface area contributed by atoms with Gasteiger partial charge in [0.25, 0.3) is 0 Å². The molecule has 0 bridgehead atoms. The Morgan fingerprint density at radius 1 is 1.35 bits per heavy atom. The first kappa shape index (κ1) is 14.1. The lowest BCUT2D eigenvalue weighted by molar-refractivity contribution is 0.230. The topological polar surface area (TPSA) is 60.2 Å². The Bertz CT molecular complexity index is 567. The van der Waals surface area contributed by atoms with Crippen LogP contribution < -0.4 is 15.8 Å². The second-order valence-electron chi connectivity index (χ2n) is 4.76. The number of halogens is 1. The minimum atomic E-state index is -0.364. The molecule has 1 aromatic heterocycles. The number of nitrogen functional groups attached to an aromatic ring is 1. The van der Waals surface area contributed by atoms with E-state index in [-0.39, 0.29) is 11.9 Å². The van der Waals surface area contributed by atoms with Gasteiger partial charge in [0.05, 0.1) is 6.10 Å². The highest BCUT2D eigenvalue weighted by molar-refractivity contribution is 5.55. The van der Waals surface area contributed by atoms with Gasteiger partial charge in [-0.2, -0.15) is 0 Å². The van der Waals surface area contributed by atoms with Gasteiger partial charge in [0.1, 0.15) is 5.82 Å². The highest BCUT2D eigenvalue weighted by Crippen LogP contribution is 2.20. The summed E-state index contributed by atoms with van der Waals surface area (Å²) in [5, 5.41) is 3.12. The SMILES string of the molecule is CC(C)Oc1ncccc1CNc1cc(N)cc(F)c1. The fourth-order valence-corrected chi connectivity index (χ4v) is 1.80. The molecule has 20 heavy (non-hydrogen) atoms. The molecule has 0 atom stereocenters. The maximum absolute atomic E-state index is 13.2. The number of benzene rings is 1. The second-order valence-corrected chi connectivity index (χ2v) is 4.76. The first-order valence-electron chi connectivity index (χ1n) is 6.45. The van der Waals surface area contributed by atoms with Crippen LogP contribution >= 0.6 is 0 Å². The van der Waals surface area contributed by atoms with Gasteiger partial charge >= 0.3 is 0 Å². The highest BCUT2D eigenvalue weighted by Gasteiger charge is 2.07. The maximum Gasteiger partial charge on any atom is 0.218 e. The van der Waals surface area contributed by atoms with Gasteiger partial charge < -0.3 is 15.8 Å². The standard InChI is InChI=1S/C15H18FN3O/c1-10(2)20-15-11(4-3-5-18-15)9-19-14-7-12(16)6-13(17)8-14/h3-8,10,19H,9,17H2,1-2H3. The van der Waals surface area contributed by atoms with Crippen molar-refractivity contribution in [1.82, 2.24) is 4.98 Å². The highest BCUT2D eigenvalue weighted by atomic mass is 19.1. The van der Waals surface area contributed by atoms with Crippen molar-refractivity contribution in [2.75, 3.05) is 11.1 Å². The van der Waals surface area contributed by atoms with Crippen molar-refractivity contribution in [1.29, 1.82) is 0 Å². The van der Waals surface area contributed by atoms with E-state index in [0.717, 1.165) is 5.56 Å². The molecule has 0 radical (unpaired) electrons. The molecule has 106 valence electrons. The number of nitrogens with two attached hydrogens (primary N) is 1. The first-order valence-corrected chi connectivity index (χ1v) is 6.45. The van der Waals surface area contributed by atoms with Crippen molar-refractivity contribution < 1.29 is 9.13 Å². The minimum absolute atomic E-state index is 0.0495. The number of hydrogen-bond donors (Lipinski definition) is 2. The molecular formula is C15H18FN3O. The van der Waals surface area contributed by atoms with Gasteiger partial charge in [-0.25, -0.2) is 9.37 Å². The molecule has 0 aliphatic rings. The van der Waals surface area contributed by atoms with E-state index in [1.807, 2.05) is 26.0 Å². The van der Waals surface area contributed by atoms with Crippen LogP contribution in [-0.2, 0) is 6.54 Å². The van der Waals surface area contributed by atoms with E-state index in [2.05, 4.69) is 10.3 Å². The zero-order chi connectivity index (χ0) is 14.5. The van der Waals surface area contributed by atoms with Gasteiger partial charge in [0.15, 0.2) is 0 Å². The predicted octanol–water partition coefficient (Wildman–Crippen LogP) is 3.20. The van der Waals surface area contributed by atoms with Crippen LogP contribution in [0.4, 0.5) is 15.8 Å². The number of nitrogens with zero attached hydrogens (tertiary/aromatic N) is 1. The van der Waals surface area contributed by atoms with Gasteiger partial charge in [-0.15, -0.1) is 0 Å². The van der Waals surface area contributed by atoms with Gasteiger partial charge in [-0.1, -0.05) is 6.07 Å². The Balaban J connectivity index is 2.10. The summed E-state index contributed by atoms with van der Waals surface area (Å²) in [6, 6.07) is 8.12. The summed E-state index contributed by atoms with van der Waals surface area (Å²) in [5.41, 5.74) is 7.53. The number of aromatic nitrogens is 1. The Kier molecular flexibility index (Phi) is 4.40. The zero-order valence-electron chi connectivity index (χ0n) is 11.6. The molecule has 4 nitrogen and oxygen atoms in total. The molecule has 1 aromatic carbocycles. The zero-order valence-corrected chi connectivity index (χ0v) is 11.6. The maximum atomic E-state index is 13.2. The largest absolute Gasteiger partial charge is 0.475 e. The third-order valence-corrected chi connectivity index (χ3v) is 2.60. The number of hydrogen-bond acceptors (Lipinski definition) is 4. The van der Waals surface area contributed by atoms with Gasteiger partial charge in [0.2, 0.25) is 5.88 Å². The fourth-order valence-electron chi connectivity index (χ4n) is 1.80. The molecule has 0 unspecified atom stereocenters. The van der Waals surface area contributed by atoms with Crippen molar-refractivity contribution >= 4 is 11.4 Å². The van der Waals surface area contributed by atoms with Crippen molar-refractivity contribution in [3.63, 3.8) is 0 Å². The van der Waals surface area contributed by atoms with Crippen molar-refractivity contribution in [3.8, 4) is 5.88 Å². The van der Waals surface area contributed by atoms with E-state index in [1.165, 1.54) is 12.1 Å². The lowest BCUT2D eigenvalue weighted by Crippen LogP contribution is -2.10. The molecule has 0 aliphatic carbocycles. The van der Waals surface area contributed by atoms with Crippen LogP contribution in [0.15, 0.2) is 36.5 Å². The molecule has 2 aromatic rings. The predicted molar refractivity (Wildman–Crippen MR) is 78.1 cm³/mol.